The molecule has 0 saturated heterocycles. The molecule has 0 bridgehead atoms. The van der Waals surface area contributed by atoms with Gasteiger partial charge in [-0.15, -0.1) is 11.3 Å². The van der Waals surface area contributed by atoms with E-state index in [9.17, 15) is 0 Å². The van der Waals surface area contributed by atoms with Gasteiger partial charge in [0.15, 0.2) is 4.96 Å². The molecule has 0 aromatic carbocycles. The summed E-state index contributed by atoms with van der Waals surface area (Å²) in [5.41, 5.74) is 1.12. The highest BCUT2D eigenvalue weighted by atomic mass is 32.1. The summed E-state index contributed by atoms with van der Waals surface area (Å²) in [6, 6.07) is 0. The molecule has 0 fully saturated rings. The van der Waals surface area contributed by atoms with Crippen molar-refractivity contribution in [3.8, 4) is 5.88 Å². The second-order valence-electron chi connectivity index (χ2n) is 4.90. The summed E-state index contributed by atoms with van der Waals surface area (Å²) in [6.07, 6.45) is 10.3. The van der Waals surface area contributed by atoms with Gasteiger partial charge in [-0.2, -0.15) is 4.98 Å². The molecule has 1 atom stereocenters. The highest BCUT2D eigenvalue weighted by Crippen LogP contribution is 2.23. The average molecular weight is 277 g/mol. The topological polar surface area (TPSA) is 38.6 Å². The third-order valence-corrected chi connectivity index (χ3v) is 4.38. The molecule has 2 aromatic heterocycles. The van der Waals surface area contributed by atoms with E-state index in [1.54, 1.807) is 18.4 Å². The number of imidazole rings is 1. The first kappa shape index (κ1) is 12.7. The van der Waals surface area contributed by atoms with E-state index in [1.807, 2.05) is 0 Å². The van der Waals surface area contributed by atoms with Crippen LogP contribution in [0.15, 0.2) is 23.7 Å². The number of rotatable bonds is 5. The zero-order chi connectivity index (χ0) is 13.1. The molecule has 3 rings (SSSR count). The van der Waals surface area contributed by atoms with Gasteiger partial charge in [-0.25, -0.2) is 0 Å². The molecule has 4 nitrogen and oxygen atoms in total. The van der Waals surface area contributed by atoms with Crippen molar-refractivity contribution >= 4 is 16.3 Å². The van der Waals surface area contributed by atoms with Crippen molar-refractivity contribution in [3.05, 3.63) is 29.4 Å². The van der Waals surface area contributed by atoms with Crippen molar-refractivity contribution in [2.75, 3.05) is 13.7 Å². The van der Waals surface area contributed by atoms with Gasteiger partial charge in [-0.3, -0.25) is 4.40 Å². The summed E-state index contributed by atoms with van der Waals surface area (Å²) in [6.45, 7) is 1.87. The number of methoxy groups -OCH3 is 1. The van der Waals surface area contributed by atoms with Crippen LogP contribution in [0.5, 0.6) is 5.88 Å². The predicted molar refractivity (Wildman–Crippen MR) is 77.8 cm³/mol. The van der Waals surface area contributed by atoms with Gasteiger partial charge in [0.25, 0.3) is 0 Å². The Morgan fingerprint density at radius 2 is 2.47 bits per heavy atom. The molecule has 2 aromatic rings. The number of hydrogen-bond acceptors (Lipinski definition) is 4. The molecule has 1 aliphatic carbocycles. The van der Waals surface area contributed by atoms with Crippen LogP contribution in [0.2, 0.25) is 0 Å². The first-order chi connectivity index (χ1) is 9.38. The van der Waals surface area contributed by atoms with Gasteiger partial charge in [-0.1, -0.05) is 12.2 Å². The number of fused-ring (bicyclic) bond motifs is 1. The van der Waals surface area contributed by atoms with Crippen molar-refractivity contribution < 1.29 is 4.74 Å². The Hall–Kier alpha value is -1.33. The minimum atomic E-state index is 0.739. The number of allylic oxidation sites excluding steroid dienone is 2. The molecule has 5 heteroatoms. The van der Waals surface area contributed by atoms with Gasteiger partial charge in [0.05, 0.1) is 7.11 Å². The maximum atomic E-state index is 5.35. The molecule has 0 aliphatic heterocycles. The van der Waals surface area contributed by atoms with Gasteiger partial charge in [0, 0.05) is 18.1 Å². The van der Waals surface area contributed by atoms with Crippen LogP contribution in [0.1, 0.15) is 25.0 Å². The van der Waals surface area contributed by atoms with Gasteiger partial charge in [0.1, 0.15) is 5.69 Å². The lowest BCUT2D eigenvalue weighted by atomic mass is 9.94. The third-order valence-electron chi connectivity index (χ3n) is 3.62. The molecular formula is C14H19N3OS. The molecule has 1 unspecified atom stereocenters. The summed E-state index contributed by atoms with van der Waals surface area (Å²) < 4.78 is 7.46. The van der Waals surface area contributed by atoms with Crippen LogP contribution in [0, 0.1) is 5.92 Å². The van der Waals surface area contributed by atoms with Crippen LogP contribution in [0.25, 0.3) is 4.96 Å². The normalized spacial score (nSPS) is 19.1. The average Bonchev–Trinajstić information content (AvgIpc) is 3.02. The Labute approximate surface area is 117 Å². The molecule has 1 N–H and O–H groups in total. The first-order valence-electron chi connectivity index (χ1n) is 6.72. The number of hydrogen-bond donors (Lipinski definition) is 1. The van der Waals surface area contributed by atoms with Gasteiger partial charge in [0.2, 0.25) is 5.88 Å². The monoisotopic (exact) mass is 277 g/mol. The van der Waals surface area contributed by atoms with Crippen molar-refractivity contribution in [1.82, 2.24) is 14.7 Å². The minimum absolute atomic E-state index is 0.739. The predicted octanol–water partition coefficient (Wildman–Crippen LogP) is 2.85. The summed E-state index contributed by atoms with van der Waals surface area (Å²) in [4.78, 5) is 5.46. The summed E-state index contributed by atoms with van der Waals surface area (Å²) >= 11 is 1.63. The molecule has 2 heterocycles. The smallest absolute Gasteiger partial charge is 0.237 e. The Bertz CT molecular complexity index is 572. The zero-order valence-electron chi connectivity index (χ0n) is 11.1. The number of nitrogens with zero attached hydrogens (tertiary/aromatic N) is 2. The van der Waals surface area contributed by atoms with E-state index < -0.39 is 0 Å². The molecule has 0 radical (unpaired) electrons. The van der Waals surface area contributed by atoms with E-state index in [-0.39, 0.29) is 0 Å². The van der Waals surface area contributed by atoms with Crippen LogP contribution in [0.4, 0.5) is 0 Å². The van der Waals surface area contributed by atoms with E-state index >= 15 is 0 Å². The van der Waals surface area contributed by atoms with Crippen LogP contribution >= 0.6 is 11.3 Å². The third kappa shape index (κ3) is 2.67. The molecule has 0 amide bonds. The van der Waals surface area contributed by atoms with Crippen LogP contribution in [-0.4, -0.2) is 23.0 Å². The van der Waals surface area contributed by atoms with Crippen molar-refractivity contribution in [1.29, 1.82) is 0 Å². The highest BCUT2D eigenvalue weighted by molar-refractivity contribution is 7.15. The summed E-state index contributed by atoms with van der Waals surface area (Å²) in [5, 5.41) is 5.60. The fourth-order valence-electron chi connectivity index (χ4n) is 2.57. The van der Waals surface area contributed by atoms with Gasteiger partial charge in [-0.05, 0) is 31.7 Å². The summed E-state index contributed by atoms with van der Waals surface area (Å²) in [7, 11) is 1.68. The summed E-state index contributed by atoms with van der Waals surface area (Å²) in [5.74, 6) is 1.50. The lowest BCUT2D eigenvalue weighted by Gasteiger charge is -2.18. The maximum absolute atomic E-state index is 5.35. The second kappa shape index (κ2) is 5.75. The highest BCUT2D eigenvalue weighted by Gasteiger charge is 2.14. The minimum Gasteiger partial charge on any atom is -0.480 e. The maximum Gasteiger partial charge on any atom is 0.237 e. The van der Waals surface area contributed by atoms with Crippen molar-refractivity contribution in [3.63, 3.8) is 0 Å². The van der Waals surface area contributed by atoms with E-state index in [0.717, 1.165) is 35.5 Å². The van der Waals surface area contributed by atoms with Crippen LogP contribution in [0.3, 0.4) is 0 Å². The van der Waals surface area contributed by atoms with Gasteiger partial charge >= 0.3 is 0 Å². The van der Waals surface area contributed by atoms with E-state index in [2.05, 4.69) is 38.4 Å². The Kier molecular flexibility index (Phi) is 3.84. The molecule has 102 valence electrons. The lowest BCUT2D eigenvalue weighted by Crippen LogP contribution is -2.23. The number of ether oxygens (including phenoxy) is 1. The molecular weight excluding hydrogens is 258 g/mol. The fraction of sp³-hybridized carbons (Fsp3) is 0.500. The van der Waals surface area contributed by atoms with E-state index in [0.29, 0.717) is 0 Å². The van der Waals surface area contributed by atoms with Crippen LogP contribution in [-0.2, 0) is 6.54 Å². The van der Waals surface area contributed by atoms with E-state index in [4.69, 9.17) is 4.74 Å². The fourth-order valence-corrected chi connectivity index (χ4v) is 3.30. The largest absolute Gasteiger partial charge is 0.480 e. The Balaban J connectivity index is 1.64. The van der Waals surface area contributed by atoms with Crippen LogP contribution < -0.4 is 10.1 Å². The standard InChI is InChI=1S/C14H19N3OS/c1-18-13-12(17-7-8-19-14(17)16-13)10-15-9-11-5-3-2-4-6-11/h2-3,7-8,11,15H,4-6,9-10H2,1H3. The van der Waals surface area contributed by atoms with E-state index in [1.165, 1.54) is 19.3 Å². The SMILES string of the molecule is COc1nc2sccn2c1CNCC1CC=CCC1. The van der Waals surface area contributed by atoms with Crippen molar-refractivity contribution in [2.45, 2.75) is 25.8 Å². The molecule has 1 aliphatic rings. The number of aromatic nitrogens is 2. The first-order valence-corrected chi connectivity index (χ1v) is 7.60. The number of nitrogens with one attached hydrogen (secondary N) is 1. The number of thiazole rings is 1. The Morgan fingerprint density at radius 3 is 3.26 bits per heavy atom. The quantitative estimate of drug-likeness (QED) is 0.854. The zero-order valence-corrected chi connectivity index (χ0v) is 11.9. The lowest BCUT2D eigenvalue weighted by molar-refractivity contribution is 0.388. The second-order valence-corrected chi connectivity index (χ2v) is 5.78. The molecule has 0 saturated carbocycles. The Morgan fingerprint density at radius 1 is 1.53 bits per heavy atom. The molecule has 19 heavy (non-hydrogen) atoms. The van der Waals surface area contributed by atoms with Gasteiger partial charge < -0.3 is 10.1 Å². The van der Waals surface area contributed by atoms with Crippen molar-refractivity contribution in [2.24, 2.45) is 5.92 Å². The molecule has 0 spiro atoms.